The van der Waals surface area contributed by atoms with Crippen LogP contribution in [-0.4, -0.2) is 11.6 Å². The van der Waals surface area contributed by atoms with Crippen molar-refractivity contribution in [1.82, 2.24) is 5.43 Å². The fourth-order valence-corrected chi connectivity index (χ4v) is 4.35. The molecule has 0 aromatic heterocycles. The Morgan fingerprint density at radius 3 is 2.07 bits per heavy atom. The molecule has 3 heteroatoms. The van der Waals surface area contributed by atoms with Crippen LogP contribution >= 0.6 is 0 Å². The topological polar surface area (TPSA) is 41.5 Å². The Kier molecular flexibility index (Phi) is 5.06. The minimum Gasteiger partial charge on any atom is -0.273 e. The Balaban J connectivity index is 1.57. The summed E-state index contributed by atoms with van der Waals surface area (Å²) in [7, 11) is 0. The molecule has 3 aromatic rings. The van der Waals surface area contributed by atoms with E-state index < -0.39 is 0 Å². The van der Waals surface area contributed by atoms with Gasteiger partial charge in [-0.1, -0.05) is 84.4 Å². The summed E-state index contributed by atoms with van der Waals surface area (Å²) in [5, 5.41) is 4.42. The zero-order valence-corrected chi connectivity index (χ0v) is 17.1. The highest BCUT2D eigenvalue weighted by Gasteiger charge is 2.60. The molecule has 0 saturated heterocycles. The molecular weight excluding hydrogens is 356 g/mol. The van der Waals surface area contributed by atoms with E-state index in [0.717, 1.165) is 23.3 Å². The largest absolute Gasteiger partial charge is 0.273 e. The first-order valence-electron chi connectivity index (χ1n) is 10.0. The first kappa shape index (κ1) is 19.1. The van der Waals surface area contributed by atoms with E-state index in [0.29, 0.717) is 0 Å². The lowest BCUT2D eigenvalue weighted by Crippen LogP contribution is -2.26. The lowest BCUT2D eigenvalue weighted by molar-refractivity contribution is -0.122. The predicted octanol–water partition coefficient (Wildman–Crippen LogP) is 5.15. The SMILES string of the molecule is CC(=NNC(=O)[C@@H]1CC1(c1ccccc1)c1ccccc1)c1ccc(C)cc1C. The van der Waals surface area contributed by atoms with Gasteiger partial charge in [0.05, 0.1) is 11.6 Å². The van der Waals surface area contributed by atoms with Crippen LogP contribution in [0.25, 0.3) is 0 Å². The van der Waals surface area contributed by atoms with E-state index in [1.165, 1.54) is 16.7 Å². The van der Waals surface area contributed by atoms with Crippen molar-refractivity contribution in [3.63, 3.8) is 0 Å². The van der Waals surface area contributed by atoms with E-state index in [-0.39, 0.29) is 17.2 Å². The molecule has 4 rings (SSSR count). The van der Waals surface area contributed by atoms with Crippen molar-refractivity contribution < 1.29 is 4.79 Å². The second kappa shape index (κ2) is 7.67. The van der Waals surface area contributed by atoms with Gasteiger partial charge >= 0.3 is 0 Å². The van der Waals surface area contributed by atoms with Crippen molar-refractivity contribution in [2.75, 3.05) is 0 Å². The Labute approximate surface area is 172 Å². The number of hydrogen-bond acceptors (Lipinski definition) is 2. The molecule has 0 heterocycles. The smallest absolute Gasteiger partial charge is 0.244 e. The molecule has 0 unspecified atom stereocenters. The lowest BCUT2D eigenvalue weighted by Gasteiger charge is -2.18. The van der Waals surface area contributed by atoms with Gasteiger partial charge in [0.1, 0.15) is 0 Å². The third-order valence-corrected chi connectivity index (χ3v) is 5.96. The van der Waals surface area contributed by atoms with E-state index >= 15 is 0 Å². The second-order valence-corrected chi connectivity index (χ2v) is 7.95. The van der Waals surface area contributed by atoms with Crippen molar-refractivity contribution in [3.05, 3.63) is 107 Å². The highest BCUT2D eigenvalue weighted by atomic mass is 16.2. The van der Waals surface area contributed by atoms with Crippen molar-refractivity contribution >= 4 is 11.6 Å². The minimum atomic E-state index is -0.268. The second-order valence-electron chi connectivity index (χ2n) is 7.95. The molecule has 29 heavy (non-hydrogen) atoms. The fourth-order valence-electron chi connectivity index (χ4n) is 4.35. The summed E-state index contributed by atoms with van der Waals surface area (Å²) in [5.41, 5.74) is 9.18. The Morgan fingerprint density at radius 2 is 1.52 bits per heavy atom. The molecule has 1 fully saturated rings. The molecule has 146 valence electrons. The number of nitrogens with zero attached hydrogens (tertiary/aromatic N) is 1. The molecule has 1 saturated carbocycles. The zero-order chi connectivity index (χ0) is 20.4. The maximum absolute atomic E-state index is 13.0. The van der Waals surface area contributed by atoms with Gasteiger partial charge in [-0.2, -0.15) is 5.10 Å². The normalized spacial score (nSPS) is 17.6. The summed E-state index contributed by atoms with van der Waals surface area (Å²) in [6, 6.07) is 26.9. The van der Waals surface area contributed by atoms with Crippen LogP contribution < -0.4 is 5.43 Å². The van der Waals surface area contributed by atoms with Gasteiger partial charge in [0.25, 0.3) is 0 Å². The van der Waals surface area contributed by atoms with Gasteiger partial charge in [-0.3, -0.25) is 4.79 Å². The highest BCUT2D eigenvalue weighted by Crippen LogP contribution is 2.58. The number of amides is 1. The monoisotopic (exact) mass is 382 g/mol. The average molecular weight is 383 g/mol. The first-order valence-corrected chi connectivity index (χ1v) is 10.0. The van der Waals surface area contributed by atoms with Crippen LogP contribution in [0.3, 0.4) is 0 Å². The highest BCUT2D eigenvalue weighted by molar-refractivity contribution is 6.00. The van der Waals surface area contributed by atoms with Gasteiger partial charge in [0.2, 0.25) is 5.91 Å². The van der Waals surface area contributed by atoms with E-state index in [1.54, 1.807) is 0 Å². The van der Waals surface area contributed by atoms with Gasteiger partial charge in [0, 0.05) is 11.0 Å². The number of carbonyl (C=O) groups is 1. The summed E-state index contributed by atoms with van der Waals surface area (Å²) < 4.78 is 0. The van der Waals surface area contributed by atoms with Crippen LogP contribution in [0.2, 0.25) is 0 Å². The molecule has 0 radical (unpaired) electrons. The molecule has 1 atom stereocenters. The number of nitrogens with one attached hydrogen (secondary N) is 1. The summed E-state index contributed by atoms with van der Waals surface area (Å²) in [5.74, 6) is -0.148. The Morgan fingerprint density at radius 1 is 0.931 bits per heavy atom. The van der Waals surface area contributed by atoms with Crippen LogP contribution in [0.4, 0.5) is 0 Å². The number of benzene rings is 3. The molecule has 0 bridgehead atoms. The van der Waals surface area contributed by atoms with Crippen LogP contribution in [0.15, 0.2) is 84.0 Å². The molecule has 3 nitrogen and oxygen atoms in total. The van der Waals surface area contributed by atoms with Gasteiger partial charge in [-0.25, -0.2) is 5.43 Å². The summed E-state index contributed by atoms with van der Waals surface area (Å²) in [4.78, 5) is 13.0. The van der Waals surface area contributed by atoms with Crippen LogP contribution in [-0.2, 0) is 10.2 Å². The summed E-state index contributed by atoms with van der Waals surface area (Å²) in [6.07, 6.45) is 0.797. The summed E-state index contributed by atoms with van der Waals surface area (Å²) >= 11 is 0. The average Bonchev–Trinajstić information content (AvgIpc) is 3.50. The number of aryl methyl sites for hydroxylation is 2. The number of hydrazone groups is 1. The number of rotatable bonds is 5. The molecule has 1 N–H and O–H groups in total. The summed E-state index contributed by atoms with van der Waals surface area (Å²) in [6.45, 7) is 6.08. The number of hydrogen-bond donors (Lipinski definition) is 1. The standard InChI is InChI=1S/C26H26N2O/c1-18-14-15-23(19(2)16-18)20(3)27-28-25(29)24-17-26(24,21-10-6-4-7-11-21)22-12-8-5-9-13-22/h4-16,24H,17H2,1-3H3,(H,28,29)/t24-/m0/s1. The van der Waals surface area contributed by atoms with Crippen LogP contribution in [0, 0.1) is 19.8 Å². The number of carbonyl (C=O) groups excluding carboxylic acids is 1. The molecule has 0 spiro atoms. The molecule has 1 amide bonds. The lowest BCUT2D eigenvalue weighted by atomic mass is 9.85. The van der Waals surface area contributed by atoms with Crippen LogP contribution in [0.5, 0.6) is 0 Å². The van der Waals surface area contributed by atoms with Gasteiger partial charge in [-0.15, -0.1) is 0 Å². The van der Waals surface area contributed by atoms with Crippen molar-refractivity contribution in [1.29, 1.82) is 0 Å². The Bertz CT molecular complexity index is 1020. The molecule has 1 aliphatic rings. The quantitative estimate of drug-likeness (QED) is 0.481. The van der Waals surface area contributed by atoms with E-state index in [1.807, 2.05) is 43.3 Å². The van der Waals surface area contributed by atoms with Gasteiger partial charge < -0.3 is 0 Å². The maximum atomic E-state index is 13.0. The molecule has 3 aromatic carbocycles. The molecule has 1 aliphatic carbocycles. The fraction of sp³-hybridized carbons (Fsp3) is 0.231. The van der Waals surface area contributed by atoms with E-state index in [2.05, 4.69) is 66.8 Å². The molecule has 0 aliphatic heterocycles. The van der Waals surface area contributed by atoms with Crippen LogP contribution in [0.1, 0.15) is 41.2 Å². The predicted molar refractivity (Wildman–Crippen MR) is 118 cm³/mol. The first-order chi connectivity index (χ1) is 14.0. The third kappa shape index (κ3) is 3.61. The Hall–Kier alpha value is -3.20. The van der Waals surface area contributed by atoms with Crippen molar-refractivity contribution in [3.8, 4) is 0 Å². The van der Waals surface area contributed by atoms with Gasteiger partial charge in [0.15, 0.2) is 0 Å². The minimum absolute atomic E-state index is 0.0261. The third-order valence-electron chi connectivity index (χ3n) is 5.96. The maximum Gasteiger partial charge on any atom is 0.244 e. The van der Waals surface area contributed by atoms with E-state index in [9.17, 15) is 4.79 Å². The zero-order valence-electron chi connectivity index (χ0n) is 17.1. The van der Waals surface area contributed by atoms with Crippen molar-refractivity contribution in [2.45, 2.75) is 32.6 Å². The molecular formula is C26H26N2O. The van der Waals surface area contributed by atoms with Gasteiger partial charge in [-0.05, 0) is 43.9 Å². The van der Waals surface area contributed by atoms with E-state index in [4.69, 9.17) is 0 Å². The van der Waals surface area contributed by atoms with Crippen molar-refractivity contribution in [2.24, 2.45) is 11.0 Å².